The molecule has 11 heavy (non-hydrogen) atoms. The summed E-state index contributed by atoms with van der Waals surface area (Å²) in [4.78, 5) is 10.6. The van der Waals surface area contributed by atoms with Crippen molar-refractivity contribution in [2.45, 2.75) is 26.4 Å². The van der Waals surface area contributed by atoms with E-state index in [-0.39, 0.29) is 19.1 Å². The molecule has 4 heteroatoms. The lowest BCUT2D eigenvalue weighted by Crippen LogP contribution is -2.15. The second-order valence-corrected chi connectivity index (χ2v) is 1.97. The van der Waals surface area contributed by atoms with Crippen molar-refractivity contribution in [2.24, 2.45) is 0 Å². The molecule has 0 bridgehead atoms. The van der Waals surface area contributed by atoms with Gasteiger partial charge in [0, 0.05) is 0 Å². The summed E-state index contributed by atoms with van der Waals surface area (Å²) in [5.74, 6) is 0. The van der Waals surface area contributed by atoms with E-state index >= 15 is 0 Å². The number of ether oxygens (including phenoxy) is 2. The molecule has 0 radical (unpaired) electrons. The molecule has 1 unspecified atom stereocenters. The van der Waals surface area contributed by atoms with Crippen LogP contribution in [0.25, 0.3) is 0 Å². The Morgan fingerprint density at radius 2 is 2.36 bits per heavy atom. The molecule has 62 valence electrons. The predicted molar refractivity (Wildman–Crippen MR) is 37.8 cm³/mol. The van der Waals surface area contributed by atoms with Gasteiger partial charge in [0.05, 0.1) is 19.1 Å². The Morgan fingerprint density at radius 1 is 1.73 bits per heavy atom. The minimum absolute atomic E-state index is 0.193. The second kappa shape index (κ2) is 5.54. The quantitative estimate of drug-likeness (QED) is 0.582. The lowest BCUT2D eigenvalue weighted by molar-refractivity contribution is 0.0337. The molecular formula is C7H11NO3. The van der Waals surface area contributed by atoms with E-state index in [4.69, 9.17) is 5.26 Å². The molecule has 0 fully saturated rings. The number of carbonyl (C=O) groups is 1. The van der Waals surface area contributed by atoms with Gasteiger partial charge >= 0.3 is 6.16 Å². The Hall–Kier alpha value is -1.24. The SMILES string of the molecule is CCOC(=O)OC(C)CC#N. The molecule has 0 aliphatic heterocycles. The number of rotatable bonds is 3. The van der Waals surface area contributed by atoms with E-state index in [9.17, 15) is 4.79 Å². The first-order valence-corrected chi connectivity index (χ1v) is 3.41. The summed E-state index contributed by atoms with van der Waals surface area (Å²) in [6.07, 6.45) is -0.909. The molecule has 0 spiro atoms. The standard InChI is InChI=1S/C7H11NO3/c1-3-10-7(9)11-6(2)4-5-8/h6H,3-4H2,1-2H3. The number of hydrogen-bond donors (Lipinski definition) is 0. The monoisotopic (exact) mass is 157 g/mol. The number of nitriles is 1. The maximum absolute atomic E-state index is 10.6. The molecule has 0 aromatic rings. The third-order valence-electron chi connectivity index (χ3n) is 0.938. The second-order valence-electron chi connectivity index (χ2n) is 1.97. The number of nitrogens with zero attached hydrogens (tertiary/aromatic N) is 1. The average molecular weight is 157 g/mol. The highest BCUT2D eigenvalue weighted by atomic mass is 16.7. The van der Waals surface area contributed by atoms with Crippen molar-refractivity contribution in [3.8, 4) is 6.07 Å². The molecule has 0 heterocycles. The van der Waals surface area contributed by atoms with Crippen molar-refractivity contribution in [2.75, 3.05) is 6.61 Å². The molecule has 0 saturated heterocycles. The van der Waals surface area contributed by atoms with E-state index in [1.165, 1.54) is 0 Å². The highest BCUT2D eigenvalue weighted by molar-refractivity contribution is 5.59. The van der Waals surface area contributed by atoms with Gasteiger partial charge in [-0.3, -0.25) is 0 Å². The average Bonchev–Trinajstić information content (AvgIpc) is 1.87. The Labute approximate surface area is 65.7 Å². The topological polar surface area (TPSA) is 59.3 Å². The maximum Gasteiger partial charge on any atom is 0.508 e. The number of hydrogen-bond acceptors (Lipinski definition) is 4. The van der Waals surface area contributed by atoms with Gasteiger partial charge in [-0.2, -0.15) is 5.26 Å². The van der Waals surface area contributed by atoms with Crippen LogP contribution < -0.4 is 0 Å². The minimum atomic E-state index is -0.713. The third-order valence-corrected chi connectivity index (χ3v) is 0.938. The van der Waals surface area contributed by atoms with Crippen LogP contribution in [-0.2, 0) is 9.47 Å². The van der Waals surface area contributed by atoms with Crippen LogP contribution in [0.2, 0.25) is 0 Å². The lowest BCUT2D eigenvalue weighted by atomic mass is 10.3. The Balaban J connectivity index is 3.50. The molecule has 0 rings (SSSR count). The Kier molecular flexibility index (Phi) is 4.91. The van der Waals surface area contributed by atoms with E-state index in [0.29, 0.717) is 0 Å². The fraction of sp³-hybridized carbons (Fsp3) is 0.714. The van der Waals surface area contributed by atoms with Gasteiger partial charge in [-0.05, 0) is 13.8 Å². The van der Waals surface area contributed by atoms with Crippen LogP contribution in [0.15, 0.2) is 0 Å². The van der Waals surface area contributed by atoms with Crippen molar-refractivity contribution >= 4 is 6.16 Å². The van der Waals surface area contributed by atoms with E-state index in [1.807, 2.05) is 6.07 Å². The molecule has 4 nitrogen and oxygen atoms in total. The first-order valence-electron chi connectivity index (χ1n) is 3.41. The summed E-state index contributed by atoms with van der Waals surface area (Å²) in [6, 6.07) is 1.88. The van der Waals surface area contributed by atoms with Crippen LogP contribution in [0.1, 0.15) is 20.3 Å². The van der Waals surface area contributed by atoms with E-state index in [0.717, 1.165) is 0 Å². The Morgan fingerprint density at radius 3 is 2.82 bits per heavy atom. The van der Waals surface area contributed by atoms with Crippen molar-refractivity contribution in [3.63, 3.8) is 0 Å². The molecule has 0 aromatic heterocycles. The molecule has 0 amide bonds. The first kappa shape index (κ1) is 9.76. The van der Waals surface area contributed by atoms with Crippen LogP contribution >= 0.6 is 0 Å². The summed E-state index contributed by atoms with van der Waals surface area (Å²) in [6.45, 7) is 3.62. The van der Waals surface area contributed by atoms with Crippen LogP contribution in [0.5, 0.6) is 0 Å². The minimum Gasteiger partial charge on any atom is -0.435 e. The van der Waals surface area contributed by atoms with Gasteiger partial charge in [-0.1, -0.05) is 0 Å². The lowest BCUT2D eigenvalue weighted by Gasteiger charge is -2.08. The molecule has 0 aromatic carbocycles. The Bertz CT molecular complexity index is 162. The zero-order chi connectivity index (χ0) is 8.69. The van der Waals surface area contributed by atoms with Gasteiger partial charge in [-0.25, -0.2) is 4.79 Å². The maximum atomic E-state index is 10.6. The highest BCUT2D eigenvalue weighted by Crippen LogP contribution is 1.97. The van der Waals surface area contributed by atoms with E-state index in [1.54, 1.807) is 13.8 Å². The van der Waals surface area contributed by atoms with Crippen molar-refractivity contribution in [3.05, 3.63) is 0 Å². The van der Waals surface area contributed by atoms with Crippen LogP contribution in [0.4, 0.5) is 4.79 Å². The van der Waals surface area contributed by atoms with Gasteiger partial charge < -0.3 is 9.47 Å². The van der Waals surface area contributed by atoms with Gasteiger partial charge in [0.2, 0.25) is 0 Å². The fourth-order valence-electron chi connectivity index (χ4n) is 0.486. The summed E-state index contributed by atoms with van der Waals surface area (Å²) in [5.41, 5.74) is 0. The van der Waals surface area contributed by atoms with Crippen molar-refractivity contribution in [1.29, 1.82) is 5.26 Å². The van der Waals surface area contributed by atoms with Crippen molar-refractivity contribution in [1.82, 2.24) is 0 Å². The van der Waals surface area contributed by atoms with Gasteiger partial charge in [-0.15, -0.1) is 0 Å². The smallest absolute Gasteiger partial charge is 0.435 e. The zero-order valence-corrected chi connectivity index (χ0v) is 6.66. The normalized spacial score (nSPS) is 11.4. The van der Waals surface area contributed by atoms with Crippen LogP contribution in [0, 0.1) is 11.3 Å². The van der Waals surface area contributed by atoms with Crippen LogP contribution in [-0.4, -0.2) is 18.9 Å². The largest absolute Gasteiger partial charge is 0.508 e. The number of carbonyl (C=O) groups excluding carboxylic acids is 1. The predicted octanol–water partition coefficient (Wildman–Crippen LogP) is 1.46. The van der Waals surface area contributed by atoms with E-state index < -0.39 is 6.16 Å². The zero-order valence-electron chi connectivity index (χ0n) is 6.66. The van der Waals surface area contributed by atoms with Crippen molar-refractivity contribution < 1.29 is 14.3 Å². The highest BCUT2D eigenvalue weighted by Gasteiger charge is 2.08. The summed E-state index contributed by atoms with van der Waals surface area (Å²) in [7, 11) is 0. The van der Waals surface area contributed by atoms with Gasteiger partial charge in [0.25, 0.3) is 0 Å². The fourth-order valence-corrected chi connectivity index (χ4v) is 0.486. The summed E-state index contributed by atoms with van der Waals surface area (Å²) < 4.78 is 9.14. The molecule has 1 atom stereocenters. The molecule has 0 aliphatic rings. The van der Waals surface area contributed by atoms with Gasteiger partial charge in [0.1, 0.15) is 6.10 Å². The first-order chi connectivity index (χ1) is 5.20. The molecular weight excluding hydrogens is 146 g/mol. The summed E-state index contributed by atoms with van der Waals surface area (Å²) >= 11 is 0. The third kappa shape index (κ3) is 5.22. The molecule has 0 aliphatic carbocycles. The van der Waals surface area contributed by atoms with Gasteiger partial charge in [0.15, 0.2) is 0 Å². The summed E-state index contributed by atoms with van der Waals surface area (Å²) in [5, 5.41) is 8.20. The van der Waals surface area contributed by atoms with E-state index in [2.05, 4.69) is 9.47 Å². The van der Waals surface area contributed by atoms with Crippen LogP contribution in [0.3, 0.4) is 0 Å². The molecule has 0 N–H and O–H groups in total. The molecule has 0 saturated carbocycles.